The predicted molar refractivity (Wildman–Crippen MR) is 138 cm³/mol. The van der Waals surface area contributed by atoms with E-state index in [1.54, 1.807) is 0 Å². The molecule has 180 valence electrons. The second-order valence-electron chi connectivity index (χ2n) is 9.95. The van der Waals surface area contributed by atoms with E-state index in [1.807, 2.05) is 24.3 Å². The number of hydrogen-bond acceptors (Lipinski definition) is 5. The normalized spacial score (nSPS) is 18.2. The van der Waals surface area contributed by atoms with Crippen molar-refractivity contribution in [3.8, 4) is 6.07 Å². The number of nitrogens with zero attached hydrogens (tertiary/aromatic N) is 4. The van der Waals surface area contributed by atoms with E-state index < -0.39 is 5.92 Å². The Labute approximate surface area is 207 Å². The molecule has 0 unspecified atom stereocenters. The number of anilines is 1. The number of aromatic nitrogens is 2. The zero-order chi connectivity index (χ0) is 24.0. The summed E-state index contributed by atoms with van der Waals surface area (Å²) in [6.07, 6.45) is 8.61. The van der Waals surface area contributed by atoms with Gasteiger partial charge in [-0.05, 0) is 55.7 Å². The number of rotatable bonds is 6. The van der Waals surface area contributed by atoms with Crippen LogP contribution in [0.4, 0.5) is 5.82 Å². The highest BCUT2D eigenvalue weighted by molar-refractivity contribution is 5.89. The predicted octanol–water partition coefficient (Wildman–Crippen LogP) is 5.14. The molecule has 2 aliphatic rings. The first-order chi connectivity index (χ1) is 17.2. The van der Waals surface area contributed by atoms with Crippen molar-refractivity contribution in [2.45, 2.75) is 63.3 Å². The monoisotopic (exact) mass is 467 g/mol. The van der Waals surface area contributed by atoms with E-state index in [2.05, 4.69) is 46.6 Å². The summed E-state index contributed by atoms with van der Waals surface area (Å²) < 4.78 is 0. The number of carbonyl (C=O) groups excluding carboxylic acids is 1. The van der Waals surface area contributed by atoms with Gasteiger partial charge in [0.25, 0.3) is 0 Å². The average Bonchev–Trinajstić information content (AvgIpc) is 2.90. The van der Waals surface area contributed by atoms with Crippen molar-refractivity contribution in [1.29, 1.82) is 5.26 Å². The van der Waals surface area contributed by atoms with E-state index in [-0.39, 0.29) is 11.9 Å². The molecular weight excluding hydrogens is 434 g/mol. The van der Waals surface area contributed by atoms with Gasteiger partial charge in [0.05, 0.1) is 17.1 Å². The van der Waals surface area contributed by atoms with E-state index in [0.717, 1.165) is 69.1 Å². The molecule has 1 saturated carbocycles. The van der Waals surface area contributed by atoms with Crippen LogP contribution >= 0.6 is 0 Å². The SMILES string of the molecule is N#C[C@@H](C(=O)NC1CCCCC1)c1nc2ccccc2nc1N1CCC(Cc2ccccc2)CC1. The molecule has 1 saturated heterocycles. The molecule has 1 aromatic heterocycles. The lowest BCUT2D eigenvalue weighted by atomic mass is 9.90. The summed E-state index contributed by atoms with van der Waals surface area (Å²) in [5, 5.41) is 13.2. The number of benzene rings is 2. The van der Waals surface area contributed by atoms with E-state index in [0.29, 0.717) is 17.4 Å². The smallest absolute Gasteiger partial charge is 0.243 e. The number of para-hydroxylation sites is 2. The second kappa shape index (κ2) is 10.9. The van der Waals surface area contributed by atoms with E-state index in [9.17, 15) is 10.1 Å². The lowest BCUT2D eigenvalue weighted by Crippen LogP contribution is -2.40. The fourth-order valence-electron chi connectivity index (χ4n) is 5.50. The van der Waals surface area contributed by atoms with Gasteiger partial charge in [-0.15, -0.1) is 0 Å². The van der Waals surface area contributed by atoms with Gasteiger partial charge in [-0.1, -0.05) is 61.7 Å². The fraction of sp³-hybridized carbons (Fsp3) is 0.448. The van der Waals surface area contributed by atoms with Gasteiger partial charge in [0, 0.05) is 19.1 Å². The molecule has 0 bridgehead atoms. The first-order valence-corrected chi connectivity index (χ1v) is 13.0. The molecule has 1 aliphatic heterocycles. The average molecular weight is 468 g/mol. The molecule has 1 amide bonds. The topological polar surface area (TPSA) is 81.9 Å². The number of piperidine rings is 1. The van der Waals surface area contributed by atoms with Crippen LogP contribution in [0.5, 0.6) is 0 Å². The molecule has 0 spiro atoms. The Bertz CT molecular complexity index is 1190. The van der Waals surface area contributed by atoms with Crippen molar-refractivity contribution in [2.24, 2.45) is 5.92 Å². The van der Waals surface area contributed by atoms with Crippen molar-refractivity contribution in [3.63, 3.8) is 0 Å². The Kier molecular flexibility index (Phi) is 7.23. The van der Waals surface area contributed by atoms with Crippen molar-refractivity contribution < 1.29 is 4.79 Å². The van der Waals surface area contributed by atoms with Gasteiger partial charge in [0.1, 0.15) is 5.69 Å². The van der Waals surface area contributed by atoms with Crippen LogP contribution < -0.4 is 10.2 Å². The molecule has 2 heterocycles. The van der Waals surface area contributed by atoms with Crippen LogP contribution in [0.1, 0.15) is 62.1 Å². The van der Waals surface area contributed by atoms with E-state index in [1.165, 1.54) is 12.0 Å². The van der Waals surface area contributed by atoms with Crippen LogP contribution in [0.3, 0.4) is 0 Å². The quantitative estimate of drug-likeness (QED) is 0.542. The molecule has 0 radical (unpaired) electrons. The maximum atomic E-state index is 13.2. The molecular formula is C29H33N5O. The highest BCUT2D eigenvalue weighted by Gasteiger charge is 2.31. The molecule has 3 aromatic rings. The maximum Gasteiger partial charge on any atom is 0.243 e. The third-order valence-electron chi connectivity index (χ3n) is 7.48. The van der Waals surface area contributed by atoms with Crippen molar-refractivity contribution in [3.05, 3.63) is 65.9 Å². The number of carbonyl (C=O) groups is 1. The van der Waals surface area contributed by atoms with Gasteiger partial charge in [0.2, 0.25) is 5.91 Å². The van der Waals surface area contributed by atoms with E-state index >= 15 is 0 Å². The first-order valence-electron chi connectivity index (χ1n) is 13.0. The minimum absolute atomic E-state index is 0.151. The number of fused-ring (bicyclic) bond motifs is 1. The van der Waals surface area contributed by atoms with Crippen molar-refractivity contribution >= 4 is 22.8 Å². The van der Waals surface area contributed by atoms with Gasteiger partial charge >= 0.3 is 0 Å². The first kappa shape index (κ1) is 23.3. The van der Waals surface area contributed by atoms with Gasteiger partial charge in [-0.25, -0.2) is 9.97 Å². The third-order valence-corrected chi connectivity index (χ3v) is 7.48. The molecule has 2 fully saturated rings. The summed E-state index contributed by atoms with van der Waals surface area (Å²) in [6.45, 7) is 1.69. The number of amides is 1. The zero-order valence-electron chi connectivity index (χ0n) is 20.2. The lowest BCUT2D eigenvalue weighted by Gasteiger charge is -2.34. The summed E-state index contributed by atoms with van der Waals surface area (Å²) in [4.78, 5) is 25.3. The summed E-state index contributed by atoms with van der Waals surface area (Å²) >= 11 is 0. The standard InChI is InChI=1S/C29H33N5O/c30-20-24(29(35)31-23-11-5-2-6-12-23)27-28(33-26-14-8-7-13-25(26)32-27)34-17-15-22(16-18-34)19-21-9-3-1-4-10-21/h1,3-4,7-10,13-14,22-24H,2,5-6,11-12,15-19H2,(H,31,35)/t24-/m1/s1. The van der Waals surface area contributed by atoms with Crippen molar-refractivity contribution in [1.82, 2.24) is 15.3 Å². The largest absolute Gasteiger partial charge is 0.355 e. The Balaban J connectivity index is 1.38. The minimum Gasteiger partial charge on any atom is -0.355 e. The Morgan fingerprint density at radius 1 is 0.943 bits per heavy atom. The van der Waals surface area contributed by atoms with Crippen LogP contribution in [0.25, 0.3) is 11.0 Å². The third kappa shape index (κ3) is 5.45. The molecule has 1 N–H and O–H groups in total. The summed E-state index contributed by atoms with van der Waals surface area (Å²) in [7, 11) is 0. The van der Waals surface area contributed by atoms with Gasteiger partial charge in [-0.3, -0.25) is 4.79 Å². The summed E-state index contributed by atoms with van der Waals surface area (Å²) in [5.41, 5.74) is 3.38. The van der Waals surface area contributed by atoms with Gasteiger partial charge in [0.15, 0.2) is 11.7 Å². The highest BCUT2D eigenvalue weighted by Crippen LogP contribution is 2.31. The Morgan fingerprint density at radius 2 is 1.60 bits per heavy atom. The Hall–Kier alpha value is -3.46. The van der Waals surface area contributed by atoms with Crippen LogP contribution in [0.15, 0.2) is 54.6 Å². The van der Waals surface area contributed by atoms with Crippen LogP contribution in [0, 0.1) is 17.2 Å². The van der Waals surface area contributed by atoms with E-state index in [4.69, 9.17) is 9.97 Å². The number of hydrogen-bond donors (Lipinski definition) is 1. The second-order valence-corrected chi connectivity index (χ2v) is 9.95. The summed E-state index contributed by atoms with van der Waals surface area (Å²) in [5.74, 6) is 0.0920. The van der Waals surface area contributed by atoms with Crippen molar-refractivity contribution in [2.75, 3.05) is 18.0 Å². The highest BCUT2D eigenvalue weighted by atomic mass is 16.2. The van der Waals surface area contributed by atoms with Crippen LogP contribution in [-0.2, 0) is 11.2 Å². The number of nitriles is 1. The molecule has 1 atom stereocenters. The summed E-state index contributed by atoms with van der Waals surface area (Å²) in [6, 6.07) is 20.8. The molecule has 5 rings (SSSR count). The number of nitrogens with one attached hydrogen (secondary N) is 1. The molecule has 1 aliphatic carbocycles. The molecule has 6 nitrogen and oxygen atoms in total. The van der Waals surface area contributed by atoms with Gasteiger partial charge in [-0.2, -0.15) is 5.26 Å². The molecule has 2 aromatic carbocycles. The lowest BCUT2D eigenvalue weighted by molar-refractivity contribution is -0.122. The molecule has 6 heteroatoms. The molecule has 35 heavy (non-hydrogen) atoms. The fourth-order valence-corrected chi connectivity index (χ4v) is 5.50. The van der Waals surface area contributed by atoms with Crippen LogP contribution in [0.2, 0.25) is 0 Å². The maximum absolute atomic E-state index is 13.2. The minimum atomic E-state index is -0.967. The van der Waals surface area contributed by atoms with Crippen LogP contribution in [-0.4, -0.2) is 35.0 Å². The van der Waals surface area contributed by atoms with Gasteiger partial charge < -0.3 is 10.2 Å². The Morgan fingerprint density at radius 3 is 2.29 bits per heavy atom. The zero-order valence-corrected chi connectivity index (χ0v) is 20.2.